The monoisotopic (exact) mass is 410 g/mol. The molecule has 26 heavy (non-hydrogen) atoms. The van der Waals surface area contributed by atoms with E-state index in [0.717, 1.165) is 47.4 Å². The number of carbonyl (C=O) groups is 2. The highest BCUT2D eigenvalue weighted by atomic mass is 79.9. The van der Waals surface area contributed by atoms with E-state index in [1.165, 1.54) is 0 Å². The molecule has 3 fully saturated rings. The molecule has 3 aliphatic heterocycles. The number of benzene rings is 2. The van der Waals surface area contributed by atoms with Crippen molar-refractivity contribution in [3.63, 3.8) is 0 Å². The summed E-state index contributed by atoms with van der Waals surface area (Å²) in [6.07, 6.45) is 3.90. The van der Waals surface area contributed by atoms with Crippen LogP contribution in [0.1, 0.15) is 28.8 Å². The van der Waals surface area contributed by atoms with Gasteiger partial charge in [0.05, 0.1) is 5.70 Å². The Morgan fingerprint density at radius 1 is 1.04 bits per heavy atom. The van der Waals surface area contributed by atoms with E-state index in [2.05, 4.69) is 26.1 Å². The van der Waals surface area contributed by atoms with E-state index in [1.807, 2.05) is 42.5 Å². The number of nitrogens with one attached hydrogen (secondary N) is 1. The fourth-order valence-electron chi connectivity index (χ4n) is 3.54. The second-order valence-corrected chi connectivity index (χ2v) is 7.65. The number of piperidine rings is 3. The Morgan fingerprint density at radius 3 is 2.31 bits per heavy atom. The summed E-state index contributed by atoms with van der Waals surface area (Å²) in [5.41, 5.74) is 3.11. The van der Waals surface area contributed by atoms with Gasteiger partial charge in [0, 0.05) is 34.7 Å². The Morgan fingerprint density at radius 2 is 1.69 bits per heavy atom. The number of halogens is 1. The van der Waals surface area contributed by atoms with Crippen molar-refractivity contribution in [1.29, 1.82) is 0 Å². The summed E-state index contributed by atoms with van der Waals surface area (Å²) in [5.74, 6) is 0.310. The Labute approximate surface area is 161 Å². The molecule has 2 bridgehead atoms. The number of fused-ring (bicyclic) bond motifs is 3. The van der Waals surface area contributed by atoms with Crippen LogP contribution in [0.4, 0.5) is 5.69 Å². The number of anilines is 1. The van der Waals surface area contributed by atoms with Crippen molar-refractivity contribution < 1.29 is 9.59 Å². The highest BCUT2D eigenvalue weighted by molar-refractivity contribution is 9.10. The fourth-order valence-corrected chi connectivity index (χ4v) is 3.80. The number of hydrogen-bond donors (Lipinski definition) is 1. The Kier molecular flexibility index (Phi) is 4.64. The maximum absolute atomic E-state index is 12.4. The quantitative estimate of drug-likeness (QED) is 0.765. The molecule has 2 aromatic carbocycles. The minimum Gasteiger partial charge on any atom is -0.369 e. The van der Waals surface area contributed by atoms with Crippen LogP contribution in [-0.2, 0) is 4.79 Å². The van der Waals surface area contributed by atoms with Gasteiger partial charge in [0.25, 0.3) is 5.91 Å². The van der Waals surface area contributed by atoms with E-state index < -0.39 is 0 Å². The zero-order valence-electron chi connectivity index (χ0n) is 14.2. The lowest BCUT2D eigenvalue weighted by Crippen LogP contribution is -2.45. The molecule has 132 valence electrons. The van der Waals surface area contributed by atoms with Crippen LogP contribution in [-0.4, -0.2) is 29.7 Å². The van der Waals surface area contributed by atoms with Gasteiger partial charge in [-0.1, -0.05) is 28.1 Å². The van der Waals surface area contributed by atoms with Crippen LogP contribution in [0.15, 0.2) is 58.7 Å². The van der Waals surface area contributed by atoms with Gasteiger partial charge in [-0.25, -0.2) is 0 Å². The third-order valence-electron chi connectivity index (χ3n) is 5.04. The van der Waals surface area contributed by atoms with Gasteiger partial charge in [-0.2, -0.15) is 0 Å². The first kappa shape index (κ1) is 17.0. The average molecular weight is 411 g/mol. The predicted molar refractivity (Wildman–Crippen MR) is 106 cm³/mol. The van der Waals surface area contributed by atoms with Crippen LogP contribution in [0.5, 0.6) is 0 Å². The molecule has 1 N–H and O–H groups in total. The first-order chi connectivity index (χ1) is 12.6. The van der Waals surface area contributed by atoms with Crippen LogP contribution in [0.25, 0.3) is 6.08 Å². The Bertz CT molecular complexity index is 864. The highest BCUT2D eigenvalue weighted by Gasteiger charge is 2.36. The van der Waals surface area contributed by atoms with Gasteiger partial charge in [0.2, 0.25) is 0 Å². The molecule has 3 saturated heterocycles. The van der Waals surface area contributed by atoms with Crippen molar-refractivity contribution >= 4 is 39.4 Å². The molecule has 3 heterocycles. The molecule has 0 radical (unpaired) electrons. The molecule has 3 aliphatic rings. The van der Waals surface area contributed by atoms with Crippen molar-refractivity contribution in [1.82, 2.24) is 4.90 Å². The van der Waals surface area contributed by atoms with E-state index >= 15 is 0 Å². The zero-order valence-corrected chi connectivity index (χ0v) is 15.8. The zero-order chi connectivity index (χ0) is 18.1. The maximum atomic E-state index is 12.4. The molecule has 0 spiro atoms. The Hall–Kier alpha value is -2.40. The van der Waals surface area contributed by atoms with Crippen LogP contribution < -0.4 is 5.32 Å². The van der Waals surface area contributed by atoms with Crippen molar-refractivity contribution in [2.24, 2.45) is 5.92 Å². The van der Waals surface area contributed by atoms with E-state index in [4.69, 9.17) is 0 Å². The molecule has 0 aliphatic carbocycles. The minimum atomic E-state index is -0.150. The first-order valence-corrected chi connectivity index (χ1v) is 9.57. The molecule has 0 unspecified atom stereocenters. The number of Topliss-reactive ketones (excluding diaryl/α,β-unsaturated/α-hetero) is 1. The summed E-state index contributed by atoms with van der Waals surface area (Å²) in [7, 11) is 0. The third-order valence-corrected chi connectivity index (χ3v) is 5.57. The second-order valence-electron chi connectivity index (χ2n) is 6.74. The molecule has 4 nitrogen and oxygen atoms in total. The van der Waals surface area contributed by atoms with Gasteiger partial charge in [-0.15, -0.1) is 0 Å². The number of hydrogen-bond acceptors (Lipinski definition) is 3. The summed E-state index contributed by atoms with van der Waals surface area (Å²) in [5, 5.41) is 2.88. The van der Waals surface area contributed by atoms with Gasteiger partial charge in [0.15, 0.2) is 5.78 Å². The molecular formula is C21H19BrN2O2. The lowest BCUT2D eigenvalue weighted by atomic mass is 9.84. The standard InChI is InChI=1S/C21H19BrN2O2/c22-17-5-7-18(8-6-17)23-21(26)16-3-1-14(2-4-16)13-19-20(25)15-9-11-24(19)12-10-15/h1-8,13,15H,9-12H2,(H,23,26)/b19-13-. The van der Waals surface area contributed by atoms with Crippen molar-refractivity contribution in [3.8, 4) is 0 Å². The van der Waals surface area contributed by atoms with Gasteiger partial charge in [0.1, 0.15) is 0 Å². The molecule has 0 saturated carbocycles. The van der Waals surface area contributed by atoms with Crippen LogP contribution >= 0.6 is 15.9 Å². The SMILES string of the molecule is O=C(Nc1ccc(Br)cc1)c1ccc(/C=C2/C(=O)C3CCN2CC3)cc1. The summed E-state index contributed by atoms with van der Waals surface area (Å²) in [4.78, 5) is 26.9. The van der Waals surface area contributed by atoms with Gasteiger partial charge in [-0.05, 0) is 60.9 Å². The van der Waals surface area contributed by atoms with Crippen molar-refractivity contribution in [2.75, 3.05) is 18.4 Å². The smallest absolute Gasteiger partial charge is 0.255 e. The largest absolute Gasteiger partial charge is 0.369 e. The summed E-state index contributed by atoms with van der Waals surface area (Å²) >= 11 is 3.38. The molecule has 5 rings (SSSR count). The molecule has 2 aromatic rings. The number of rotatable bonds is 3. The Balaban J connectivity index is 1.48. The molecule has 0 aromatic heterocycles. The lowest BCUT2D eigenvalue weighted by molar-refractivity contribution is -0.125. The van der Waals surface area contributed by atoms with E-state index in [1.54, 1.807) is 12.1 Å². The molecule has 0 atom stereocenters. The van der Waals surface area contributed by atoms with Crippen molar-refractivity contribution in [3.05, 3.63) is 69.8 Å². The normalized spacial score (nSPS) is 18.4. The topological polar surface area (TPSA) is 49.4 Å². The summed E-state index contributed by atoms with van der Waals surface area (Å²) in [6, 6.07) is 14.8. The predicted octanol–water partition coefficient (Wildman–Crippen LogP) is 4.34. The number of carbonyl (C=O) groups excluding carboxylic acids is 2. The van der Waals surface area contributed by atoms with Crippen LogP contribution in [0.2, 0.25) is 0 Å². The van der Waals surface area contributed by atoms with Gasteiger partial charge < -0.3 is 10.2 Å². The molecular weight excluding hydrogens is 392 g/mol. The second kappa shape index (κ2) is 7.08. The summed E-state index contributed by atoms with van der Waals surface area (Å²) < 4.78 is 0.967. The van der Waals surface area contributed by atoms with Crippen LogP contribution in [0.3, 0.4) is 0 Å². The number of ketones is 1. The maximum Gasteiger partial charge on any atom is 0.255 e. The van der Waals surface area contributed by atoms with Gasteiger partial charge >= 0.3 is 0 Å². The molecule has 1 amide bonds. The highest BCUT2D eigenvalue weighted by Crippen LogP contribution is 2.32. The van der Waals surface area contributed by atoms with Gasteiger partial charge in [-0.3, -0.25) is 9.59 Å². The third kappa shape index (κ3) is 3.44. The summed E-state index contributed by atoms with van der Waals surface area (Å²) in [6.45, 7) is 1.94. The minimum absolute atomic E-state index is 0.150. The van der Waals surface area contributed by atoms with E-state index in [0.29, 0.717) is 5.56 Å². The van der Waals surface area contributed by atoms with Crippen molar-refractivity contribution in [2.45, 2.75) is 12.8 Å². The van der Waals surface area contributed by atoms with E-state index in [-0.39, 0.29) is 17.6 Å². The fraction of sp³-hybridized carbons (Fsp3) is 0.238. The number of amides is 1. The number of allylic oxidation sites excluding steroid dienone is 1. The average Bonchev–Trinajstić information content (AvgIpc) is 2.67. The molecule has 5 heteroatoms. The lowest BCUT2D eigenvalue weighted by Gasteiger charge is -2.41. The van der Waals surface area contributed by atoms with Crippen LogP contribution in [0, 0.1) is 5.92 Å². The number of nitrogens with zero attached hydrogens (tertiary/aromatic N) is 1. The van der Waals surface area contributed by atoms with E-state index in [9.17, 15) is 9.59 Å². The first-order valence-electron chi connectivity index (χ1n) is 8.78.